The van der Waals surface area contributed by atoms with Crippen LogP contribution in [0.5, 0.6) is 0 Å². The summed E-state index contributed by atoms with van der Waals surface area (Å²) in [6.45, 7) is 1.05. The van der Waals surface area contributed by atoms with Gasteiger partial charge in [-0.05, 0) is 0 Å². The van der Waals surface area contributed by atoms with Crippen LogP contribution in [0.2, 0.25) is 0 Å². The maximum absolute atomic E-state index is 5.57. The normalized spacial score (nSPS) is 11.8. The molecule has 0 aliphatic carbocycles. The monoisotopic (exact) mass is 386 g/mol. The van der Waals surface area contributed by atoms with Crippen molar-refractivity contribution in [3.63, 3.8) is 0 Å². The Hall–Kier alpha value is -1.22. The number of hydrogen-bond acceptors (Lipinski definition) is 6. The van der Waals surface area contributed by atoms with Gasteiger partial charge in [-0.2, -0.15) is 0 Å². The fourth-order valence-corrected chi connectivity index (χ4v) is 4.49. The molecule has 21 heavy (non-hydrogen) atoms. The van der Waals surface area contributed by atoms with E-state index in [9.17, 15) is 0 Å². The standard InChI is InChI=1S/C12H10N4O2S2Se/c1-2-15-6-10(20-11(15)13-1)8-18-21-17-7-9-5-16-3-4-19-12(16)14-9/h1-6H,7-8H2. The van der Waals surface area contributed by atoms with Gasteiger partial charge < -0.3 is 0 Å². The third-order valence-corrected chi connectivity index (χ3v) is 5.44. The minimum absolute atomic E-state index is 0.302. The van der Waals surface area contributed by atoms with Crippen LogP contribution in [0.25, 0.3) is 9.92 Å². The number of aromatic nitrogens is 4. The molecule has 0 spiro atoms. The SMILES string of the molecule is c1cn2cc(CO[Se]OCc3cn4ccsc4n3)sc2n1. The van der Waals surface area contributed by atoms with Crippen molar-refractivity contribution in [2.24, 2.45) is 0 Å². The molecule has 0 unspecified atom stereocenters. The predicted octanol–water partition coefficient (Wildman–Crippen LogP) is 2.37. The van der Waals surface area contributed by atoms with Crippen LogP contribution in [0.15, 0.2) is 36.4 Å². The average molecular weight is 385 g/mol. The van der Waals surface area contributed by atoms with Gasteiger partial charge in [0, 0.05) is 0 Å². The Morgan fingerprint density at radius 1 is 1.10 bits per heavy atom. The fourth-order valence-electron chi connectivity index (χ4n) is 1.89. The number of thiazole rings is 2. The molecule has 0 bridgehead atoms. The zero-order valence-electron chi connectivity index (χ0n) is 10.7. The molecule has 0 amide bonds. The summed E-state index contributed by atoms with van der Waals surface area (Å²) in [7, 11) is 0. The maximum atomic E-state index is 5.57. The van der Waals surface area contributed by atoms with Gasteiger partial charge in [-0.25, -0.2) is 0 Å². The van der Waals surface area contributed by atoms with Crippen molar-refractivity contribution in [2.45, 2.75) is 13.2 Å². The third-order valence-electron chi connectivity index (χ3n) is 2.79. The first-order chi connectivity index (χ1) is 10.4. The minimum atomic E-state index is -0.302. The summed E-state index contributed by atoms with van der Waals surface area (Å²) >= 11 is 2.94. The summed E-state index contributed by atoms with van der Waals surface area (Å²) in [6.07, 6.45) is 9.73. The van der Waals surface area contributed by atoms with Gasteiger partial charge in [-0.3, -0.25) is 0 Å². The number of fused-ring (bicyclic) bond motifs is 2. The summed E-state index contributed by atoms with van der Waals surface area (Å²) in [6, 6.07) is 0. The zero-order chi connectivity index (χ0) is 14.1. The number of imidazole rings is 2. The van der Waals surface area contributed by atoms with Crippen LogP contribution in [-0.4, -0.2) is 34.4 Å². The number of nitrogens with zero attached hydrogens (tertiary/aromatic N) is 4. The topological polar surface area (TPSA) is 53.1 Å². The van der Waals surface area contributed by atoms with Crippen LogP contribution in [0.3, 0.4) is 0 Å². The van der Waals surface area contributed by atoms with E-state index >= 15 is 0 Å². The van der Waals surface area contributed by atoms with E-state index in [1.807, 2.05) is 39.0 Å². The second-order valence-electron chi connectivity index (χ2n) is 4.23. The first-order valence-electron chi connectivity index (χ1n) is 6.12. The van der Waals surface area contributed by atoms with Crippen molar-refractivity contribution in [1.29, 1.82) is 0 Å². The first-order valence-corrected chi connectivity index (χ1v) is 9.21. The Morgan fingerprint density at radius 2 is 2.00 bits per heavy atom. The second-order valence-corrected chi connectivity index (χ2v) is 7.47. The van der Waals surface area contributed by atoms with Crippen molar-refractivity contribution in [3.05, 3.63) is 46.9 Å². The van der Waals surface area contributed by atoms with Gasteiger partial charge in [0.05, 0.1) is 0 Å². The molecule has 0 saturated heterocycles. The number of rotatable bonds is 6. The molecule has 0 fully saturated rings. The molecule has 0 aliphatic heterocycles. The molecule has 0 saturated carbocycles. The molecule has 0 N–H and O–H groups in total. The third kappa shape index (κ3) is 2.89. The van der Waals surface area contributed by atoms with Crippen molar-refractivity contribution < 1.29 is 7.64 Å². The van der Waals surface area contributed by atoms with E-state index in [1.54, 1.807) is 28.9 Å². The van der Waals surface area contributed by atoms with Crippen LogP contribution < -0.4 is 0 Å². The fraction of sp³-hybridized carbons (Fsp3) is 0.167. The first kappa shape index (κ1) is 13.4. The molecule has 108 valence electrons. The van der Waals surface area contributed by atoms with Gasteiger partial charge >= 0.3 is 135 Å². The summed E-state index contributed by atoms with van der Waals surface area (Å²) < 4.78 is 15.1. The average Bonchev–Trinajstić information content (AvgIpc) is 3.16. The number of hydrogen-bond donors (Lipinski definition) is 0. The van der Waals surface area contributed by atoms with Gasteiger partial charge in [-0.1, -0.05) is 0 Å². The molecule has 0 aromatic carbocycles. The molecule has 4 rings (SSSR count). The molecule has 4 aromatic rings. The van der Waals surface area contributed by atoms with Crippen LogP contribution in [0.1, 0.15) is 10.6 Å². The summed E-state index contributed by atoms with van der Waals surface area (Å²) in [5.74, 6) is 0. The van der Waals surface area contributed by atoms with E-state index in [0.717, 1.165) is 20.5 Å². The Balaban J connectivity index is 1.24. The Bertz CT molecular complexity index is 737. The van der Waals surface area contributed by atoms with E-state index in [1.165, 1.54) is 0 Å². The van der Waals surface area contributed by atoms with E-state index in [4.69, 9.17) is 7.64 Å². The van der Waals surface area contributed by atoms with E-state index in [-0.39, 0.29) is 15.6 Å². The van der Waals surface area contributed by atoms with Crippen LogP contribution >= 0.6 is 22.7 Å². The van der Waals surface area contributed by atoms with E-state index < -0.39 is 0 Å². The zero-order valence-corrected chi connectivity index (χ0v) is 14.1. The van der Waals surface area contributed by atoms with Crippen LogP contribution in [-0.2, 0) is 20.9 Å². The van der Waals surface area contributed by atoms with E-state index in [0.29, 0.717) is 13.2 Å². The summed E-state index contributed by atoms with van der Waals surface area (Å²) in [4.78, 5) is 11.8. The van der Waals surface area contributed by atoms with Gasteiger partial charge in [0.25, 0.3) is 0 Å². The quantitative estimate of drug-likeness (QED) is 0.378. The molecule has 0 radical (unpaired) electrons. The molecule has 0 aliphatic rings. The molecule has 9 heteroatoms. The molecular formula is C12H10N4O2S2Se. The van der Waals surface area contributed by atoms with Crippen molar-refractivity contribution >= 4 is 48.2 Å². The Kier molecular flexibility index (Phi) is 3.76. The van der Waals surface area contributed by atoms with Gasteiger partial charge in [0.15, 0.2) is 0 Å². The van der Waals surface area contributed by atoms with Gasteiger partial charge in [0.1, 0.15) is 0 Å². The van der Waals surface area contributed by atoms with E-state index in [2.05, 4.69) is 9.97 Å². The Morgan fingerprint density at radius 3 is 2.90 bits per heavy atom. The van der Waals surface area contributed by atoms with Gasteiger partial charge in [0.2, 0.25) is 0 Å². The summed E-state index contributed by atoms with van der Waals surface area (Å²) in [5, 5.41) is 2.01. The molecular weight excluding hydrogens is 375 g/mol. The second kappa shape index (κ2) is 5.88. The van der Waals surface area contributed by atoms with Crippen molar-refractivity contribution in [3.8, 4) is 0 Å². The molecule has 6 nitrogen and oxygen atoms in total. The Labute approximate surface area is 134 Å². The molecule has 0 atom stereocenters. The van der Waals surface area contributed by atoms with Crippen LogP contribution in [0.4, 0.5) is 0 Å². The van der Waals surface area contributed by atoms with Crippen LogP contribution in [0, 0.1) is 0 Å². The van der Waals surface area contributed by atoms with Crippen molar-refractivity contribution in [2.75, 3.05) is 0 Å². The molecule has 4 aromatic heterocycles. The predicted molar refractivity (Wildman–Crippen MR) is 81.5 cm³/mol. The van der Waals surface area contributed by atoms with Gasteiger partial charge in [-0.15, -0.1) is 0 Å². The summed E-state index contributed by atoms with van der Waals surface area (Å²) in [5.41, 5.74) is 0.932. The molecule has 4 heterocycles. The van der Waals surface area contributed by atoms with Crippen molar-refractivity contribution in [1.82, 2.24) is 18.8 Å².